The van der Waals surface area contributed by atoms with Crippen LogP contribution >= 0.6 is 0 Å². The number of hydrogen-bond acceptors (Lipinski definition) is 6. The van der Waals surface area contributed by atoms with Crippen LogP contribution in [0, 0.1) is 11.8 Å². The van der Waals surface area contributed by atoms with Crippen molar-refractivity contribution in [1.29, 1.82) is 0 Å². The summed E-state index contributed by atoms with van der Waals surface area (Å²) >= 11 is 0. The van der Waals surface area contributed by atoms with E-state index >= 15 is 0 Å². The van der Waals surface area contributed by atoms with Crippen molar-refractivity contribution >= 4 is 10.0 Å². The summed E-state index contributed by atoms with van der Waals surface area (Å²) in [5.74, 6) is 1.77. The molecule has 4 atom stereocenters. The SMILES string of the molecule is CN(C)C[C@H]1[C@@H]2CC[C@@]3(CN(S(=O)(=O)c4ccc5c(c4)OCCO5)C[C@@H]13)O2. The van der Waals surface area contributed by atoms with Gasteiger partial charge in [0.2, 0.25) is 10.0 Å². The van der Waals surface area contributed by atoms with E-state index in [2.05, 4.69) is 19.0 Å². The third-order valence-electron chi connectivity index (χ3n) is 6.48. The Bertz CT molecular complexity index is 858. The van der Waals surface area contributed by atoms with Gasteiger partial charge in [-0.2, -0.15) is 4.31 Å². The highest BCUT2D eigenvalue weighted by Gasteiger charge is 2.64. The highest BCUT2D eigenvalue weighted by Crippen LogP contribution is 2.55. The molecule has 0 amide bonds. The molecular formula is C19H26N2O5S. The molecule has 0 N–H and O–H groups in total. The van der Waals surface area contributed by atoms with Crippen molar-refractivity contribution in [2.24, 2.45) is 11.8 Å². The zero-order chi connectivity index (χ0) is 18.8. The number of ether oxygens (including phenoxy) is 3. The highest BCUT2D eigenvalue weighted by atomic mass is 32.2. The van der Waals surface area contributed by atoms with Crippen LogP contribution in [-0.4, -0.2) is 76.3 Å². The topological polar surface area (TPSA) is 68.3 Å². The van der Waals surface area contributed by atoms with E-state index in [1.807, 2.05) is 0 Å². The molecule has 148 valence electrons. The standard InChI is InChI=1S/C19H26N2O5S/c1-20(2)10-14-15-11-21(12-19(15)6-5-16(14)26-19)27(22,23)13-3-4-17-18(9-13)25-8-7-24-17/h3-4,9,14-16H,5-8,10-12H2,1-2H3/t14-,15+,16+,19+/m1/s1. The maximum atomic E-state index is 13.3. The molecule has 0 saturated carbocycles. The molecule has 4 aliphatic heterocycles. The molecule has 0 radical (unpaired) electrons. The van der Waals surface area contributed by atoms with Crippen LogP contribution in [0.15, 0.2) is 23.1 Å². The van der Waals surface area contributed by atoms with E-state index in [9.17, 15) is 8.42 Å². The van der Waals surface area contributed by atoms with Gasteiger partial charge in [-0.1, -0.05) is 0 Å². The van der Waals surface area contributed by atoms with Crippen molar-refractivity contribution in [3.8, 4) is 11.5 Å². The maximum Gasteiger partial charge on any atom is 0.243 e. The van der Waals surface area contributed by atoms with Crippen LogP contribution in [0.2, 0.25) is 0 Å². The van der Waals surface area contributed by atoms with Gasteiger partial charge >= 0.3 is 0 Å². The fourth-order valence-corrected chi connectivity index (χ4v) is 6.87. The lowest BCUT2D eigenvalue weighted by Gasteiger charge is -2.31. The Kier molecular flexibility index (Phi) is 3.99. The lowest BCUT2D eigenvalue weighted by molar-refractivity contribution is 0.00739. The molecule has 1 aromatic rings. The third kappa shape index (κ3) is 2.68. The van der Waals surface area contributed by atoms with Crippen molar-refractivity contribution in [2.45, 2.75) is 29.4 Å². The molecule has 7 nitrogen and oxygen atoms in total. The number of fused-ring (bicyclic) bond motifs is 2. The summed E-state index contributed by atoms with van der Waals surface area (Å²) in [6.07, 6.45) is 2.27. The summed E-state index contributed by atoms with van der Waals surface area (Å²) in [7, 11) is 0.542. The zero-order valence-electron chi connectivity index (χ0n) is 15.8. The molecule has 3 saturated heterocycles. The lowest BCUT2D eigenvalue weighted by atomic mass is 9.73. The van der Waals surface area contributed by atoms with Crippen LogP contribution in [0.5, 0.6) is 11.5 Å². The predicted molar refractivity (Wildman–Crippen MR) is 98.6 cm³/mol. The number of sulfonamides is 1. The molecule has 1 aromatic carbocycles. The van der Waals surface area contributed by atoms with E-state index in [-0.39, 0.29) is 22.5 Å². The second-order valence-electron chi connectivity index (χ2n) is 8.40. The Morgan fingerprint density at radius 1 is 1.22 bits per heavy atom. The summed E-state index contributed by atoms with van der Waals surface area (Å²) in [6, 6.07) is 4.89. The predicted octanol–water partition coefficient (Wildman–Crippen LogP) is 1.19. The monoisotopic (exact) mass is 394 g/mol. The number of rotatable bonds is 4. The Labute approximate surface area is 160 Å². The normalized spacial score (nSPS) is 35.0. The van der Waals surface area contributed by atoms with Gasteiger partial charge in [0.05, 0.1) is 16.6 Å². The van der Waals surface area contributed by atoms with Gasteiger partial charge in [-0.15, -0.1) is 0 Å². The summed E-state index contributed by atoms with van der Waals surface area (Å²) in [5, 5.41) is 0. The third-order valence-corrected chi connectivity index (χ3v) is 8.29. The molecule has 27 heavy (non-hydrogen) atoms. The number of nitrogens with zero attached hydrogens (tertiary/aromatic N) is 2. The second-order valence-corrected chi connectivity index (χ2v) is 10.3. The summed E-state index contributed by atoms with van der Waals surface area (Å²) in [5.41, 5.74) is -0.299. The first-order chi connectivity index (χ1) is 12.9. The first-order valence-corrected chi connectivity index (χ1v) is 11.1. The summed E-state index contributed by atoms with van der Waals surface area (Å²) in [4.78, 5) is 2.45. The van der Waals surface area contributed by atoms with Gasteiger partial charge in [0.1, 0.15) is 13.2 Å². The fourth-order valence-electron chi connectivity index (χ4n) is 5.33. The average molecular weight is 394 g/mol. The molecule has 0 aromatic heterocycles. The molecule has 3 fully saturated rings. The lowest BCUT2D eigenvalue weighted by Crippen LogP contribution is -2.40. The molecular weight excluding hydrogens is 368 g/mol. The maximum absolute atomic E-state index is 13.3. The largest absolute Gasteiger partial charge is 0.486 e. The van der Waals surface area contributed by atoms with Gasteiger partial charge in [-0.05, 0) is 39.1 Å². The fraction of sp³-hybridized carbons (Fsp3) is 0.684. The van der Waals surface area contributed by atoms with Gasteiger partial charge in [-0.3, -0.25) is 0 Å². The zero-order valence-corrected chi connectivity index (χ0v) is 16.6. The van der Waals surface area contributed by atoms with Gasteiger partial charge in [0.15, 0.2) is 11.5 Å². The highest BCUT2D eigenvalue weighted by molar-refractivity contribution is 7.89. The van der Waals surface area contributed by atoms with E-state index in [0.29, 0.717) is 43.7 Å². The molecule has 1 spiro atoms. The molecule has 4 aliphatic rings. The minimum atomic E-state index is -3.59. The van der Waals surface area contributed by atoms with E-state index in [4.69, 9.17) is 14.2 Å². The Morgan fingerprint density at radius 2 is 2.00 bits per heavy atom. The van der Waals surface area contributed by atoms with Crippen molar-refractivity contribution in [1.82, 2.24) is 9.21 Å². The van der Waals surface area contributed by atoms with Crippen molar-refractivity contribution in [2.75, 3.05) is 46.9 Å². The minimum absolute atomic E-state index is 0.266. The average Bonchev–Trinajstić information content (AvgIpc) is 3.31. The molecule has 0 unspecified atom stereocenters. The van der Waals surface area contributed by atoms with Crippen LogP contribution in [0.4, 0.5) is 0 Å². The molecule has 8 heteroatoms. The van der Waals surface area contributed by atoms with E-state index in [1.165, 1.54) is 0 Å². The van der Waals surface area contributed by atoms with Crippen LogP contribution in [0.3, 0.4) is 0 Å². The van der Waals surface area contributed by atoms with E-state index in [0.717, 1.165) is 19.4 Å². The Morgan fingerprint density at radius 3 is 2.78 bits per heavy atom. The van der Waals surface area contributed by atoms with Gasteiger partial charge in [-0.25, -0.2) is 8.42 Å². The second kappa shape index (κ2) is 6.07. The van der Waals surface area contributed by atoms with Crippen LogP contribution in [0.1, 0.15) is 12.8 Å². The Balaban J connectivity index is 1.42. The smallest absolute Gasteiger partial charge is 0.243 e. The van der Waals surface area contributed by atoms with Crippen molar-refractivity contribution < 1.29 is 22.6 Å². The van der Waals surface area contributed by atoms with Crippen molar-refractivity contribution in [3.63, 3.8) is 0 Å². The minimum Gasteiger partial charge on any atom is -0.486 e. The van der Waals surface area contributed by atoms with E-state index < -0.39 is 10.0 Å². The number of hydrogen-bond donors (Lipinski definition) is 0. The van der Waals surface area contributed by atoms with Gasteiger partial charge in [0, 0.05) is 37.5 Å². The quantitative estimate of drug-likeness (QED) is 0.764. The van der Waals surface area contributed by atoms with Gasteiger partial charge in [0.25, 0.3) is 0 Å². The van der Waals surface area contributed by atoms with Crippen LogP contribution in [0.25, 0.3) is 0 Å². The van der Waals surface area contributed by atoms with Crippen LogP contribution in [-0.2, 0) is 14.8 Å². The van der Waals surface area contributed by atoms with Crippen molar-refractivity contribution in [3.05, 3.63) is 18.2 Å². The number of benzene rings is 1. The van der Waals surface area contributed by atoms with E-state index in [1.54, 1.807) is 22.5 Å². The first-order valence-electron chi connectivity index (χ1n) is 9.61. The Hall–Kier alpha value is -1.35. The molecule has 2 bridgehead atoms. The molecule has 4 heterocycles. The molecule has 5 rings (SSSR count). The summed E-state index contributed by atoms with van der Waals surface area (Å²) < 4.78 is 45.7. The van der Waals surface area contributed by atoms with Crippen LogP contribution < -0.4 is 9.47 Å². The first kappa shape index (κ1) is 17.7. The summed E-state index contributed by atoms with van der Waals surface area (Å²) in [6.45, 7) is 2.85. The van der Waals surface area contributed by atoms with Gasteiger partial charge < -0.3 is 19.1 Å². The molecule has 0 aliphatic carbocycles.